The topological polar surface area (TPSA) is 69.6 Å². The number of rotatable bonds is 4. The van der Waals surface area contributed by atoms with Gasteiger partial charge < -0.3 is 10.4 Å². The van der Waals surface area contributed by atoms with E-state index in [0.717, 1.165) is 12.0 Å². The molecule has 114 valence electrons. The van der Waals surface area contributed by atoms with Crippen LogP contribution in [-0.2, 0) is 11.3 Å². The van der Waals surface area contributed by atoms with Gasteiger partial charge >= 0.3 is 12.0 Å². The molecule has 2 N–H and O–H groups in total. The number of halogens is 1. The summed E-state index contributed by atoms with van der Waals surface area (Å²) in [6, 6.07) is 6.09. The molecule has 2 atom stereocenters. The van der Waals surface area contributed by atoms with Gasteiger partial charge in [-0.2, -0.15) is 0 Å². The van der Waals surface area contributed by atoms with Gasteiger partial charge in [0.25, 0.3) is 0 Å². The van der Waals surface area contributed by atoms with Crippen LogP contribution in [0.2, 0.25) is 5.02 Å². The second-order valence-corrected chi connectivity index (χ2v) is 6.39. The van der Waals surface area contributed by atoms with Gasteiger partial charge in [0, 0.05) is 17.3 Å². The number of hydrogen-bond acceptors (Lipinski definition) is 3. The number of nitrogens with one attached hydrogen (secondary N) is 1. The summed E-state index contributed by atoms with van der Waals surface area (Å²) in [5, 5.41) is 12.5. The van der Waals surface area contributed by atoms with Gasteiger partial charge in [0.2, 0.25) is 0 Å². The van der Waals surface area contributed by atoms with Crippen LogP contribution >= 0.6 is 23.4 Å². The molecule has 1 aliphatic rings. The highest BCUT2D eigenvalue weighted by atomic mass is 35.5. The lowest BCUT2D eigenvalue weighted by Crippen LogP contribution is -2.49. The van der Waals surface area contributed by atoms with Crippen LogP contribution in [0.25, 0.3) is 0 Å². The van der Waals surface area contributed by atoms with Gasteiger partial charge in [-0.3, -0.25) is 4.90 Å². The number of carbonyl (C=O) groups excluding carboxylic acids is 1. The maximum atomic E-state index is 12.3. The average Bonchev–Trinajstić information content (AvgIpc) is 2.89. The van der Waals surface area contributed by atoms with Gasteiger partial charge in [0.1, 0.15) is 6.04 Å². The molecular weight excluding hydrogens is 312 g/mol. The maximum absolute atomic E-state index is 12.3. The van der Waals surface area contributed by atoms with E-state index in [1.807, 2.05) is 19.1 Å². The summed E-state index contributed by atoms with van der Waals surface area (Å²) in [5.74, 6) is -0.533. The lowest BCUT2D eigenvalue weighted by molar-refractivity contribution is -0.141. The predicted molar refractivity (Wildman–Crippen MR) is 83.5 cm³/mol. The molecular formula is C14H17ClN2O3S. The first kappa shape index (κ1) is 16.0. The van der Waals surface area contributed by atoms with Crippen molar-refractivity contribution < 1.29 is 14.7 Å². The van der Waals surface area contributed by atoms with Crippen LogP contribution in [-0.4, -0.2) is 39.2 Å². The minimum Gasteiger partial charge on any atom is -0.480 e. The van der Waals surface area contributed by atoms with Crippen LogP contribution in [0.1, 0.15) is 18.9 Å². The van der Waals surface area contributed by atoms with Crippen LogP contribution < -0.4 is 5.32 Å². The van der Waals surface area contributed by atoms with Gasteiger partial charge in [-0.1, -0.05) is 30.7 Å². The minimum atomic E-state index is -0.962. The van der Waals surface area contributed by atoms with Crippen molar-refractivity contribution in [1.82, 2.24) is 10.2 Å². The van der Waals surface area contributed by atoms with Gasteiger partial charge in [0.15, 0.2) is 0 Å². The van der Waals surface area contributed by atoms with Crippen molar-refractivity contribution in [3.63, 3.8) is 0 Å². The SMILES string of the molecule is CCC1SCC(C(=O)O)N1C(=O)NCc1cccc(Cl)c1. The first-order valence-electron chi connectivity index (χ1n) is 6.68. The molecule has 0 aliphatic carbocycles. The zero-order chi connectivity index (χ0) is 15.4. The smallest absolute Gasteiger partial charge is 0.327 e. The van der Waals surface area contributed by atoms with E-state index in [0.29, 0.717) is 17.3 Å². The highest BCUT2D eigenvalue weighted by Crippen LogP contribution is 2.31. The minimum absolute atomic E-state index is 0.0922. The van der Waals surface area contributed by atoms with Crippen LogP contribution in [0.4, 0.5) is 4.79 Å². The molecule has 1 aliphatic heterocycles. The Kier molecular flexibility index (Phi) is 5.36. The van der Waals surface area contributed by atoms with E-state index in [2.05, 4.69) is 5.32 Å². The molecule has 2 rings (SSSR count). The van der Waals surface area contributed by atoms with Crippen molar-refractivity contribution in [3.8, 4) is 0 Å². The number of carboxylic acids is 1. The summed E-state index contributed by atoms with van der Waals surface area (Å²) < 4.78 is 0. The molecule has 2 unspecified atom stereocenters. The number of carboxylic acid groups (broad SMARTS) is 1. The normalized spacial score (nSPS) is 21.3. The maximum Gasteiger partial charge on any atom is 0.327 e. The summed E-state index contributed by atoms with van der Waals surface area (Å²) in [7, 11) is 0. The molecule has 0 radical (unpaired) electrons. The number of amides is 2. The fraction of sp³-hybridized carbons (Fsp3) is 0.429. The van der Waals surface area contributed by atoms with E-state index >= 15 is 0 Å². The molecule has 0 spiro atoms. The van der Waals surface area contributed by atoms with Crippen LogP contribution in [0, 0.1) is 0 Å². The Hall–Kier alpha value is -1.40. The van der Waals surface area contributed by atoms with Crippen LogP contribution in [0.15, 0.2) is 24.3 Å². The molecule has 0 aromatic heterocycles. The summed E-state index contributed by atoms with van der Waals surface area (Å²) in [6.07, 6.45) is 0.721. The van der Waals surface area contributed by atoms with Crippen LogP contribution in [0.3, 0.4) is 0 Å². The Morgan fingerprint density at radius 3 is 2.90 bits per heavy atom. The Labute approximate surface area is 132 Å². The number of hydrogen-bond donors (Lipinski definition) is 2. The van der Waals surface area contributed by atoms with E-state index < -0.39 is 12.0 Å². The summed E-state index contributed by atoms with van der Waals surface area (Å²) in [6.45, 7) is 2.27. The molecule has 7 heteroatoms. The van der Waals surface area contributed by atoms with Gasteiger partial charge in [-0.05, 0) is 24.1 Å². The van der Waals surface area contributed by atoms with Crippen molar-refractivity contribution in [1.29, 1.82) is 0 Å². The standard InChI is InChI=1S/C14H17ClN2O3S/c1-2-12-17(11(8-21-12)13(18)19)14(20)16-7-9-4-3-5-10(15)6-9/h3-6,11-12H,2,7-8H2,1H3,(H,16,20)(H,18,19). The lowest BCUT2D eigenvalue weighted by atomic mass is 10.2. The van der Waals surface area contributed by atoms with E-state index in [4.69, 9.17) is 11.6 Å². The molecule has 1 saturated heterocycles. The Balaban J connectivity index is 2.02. The summed E-state index contributed by atoms with van der Waals surface area (Å²) in [4.78, 5) is 25.0. The number of urea groups is 1. The molecule has 1 heterocycles. The number of thioether (sulfide) groups is 1. The van der Waals surface area contributed by atoms with E-state index in [9.17, 15) is 14.7 Å². The number of aliphatic carboxylic acids is 1. The summed E-state index contributed by atoms with van der Waals surface area (Å²) in [5.41, 5.74) is 0.877. The molecule has 1 aromatic rings. The summed E-state index contributed by atoms with van der Waals surface area (Å²) >= 11 is 7.40. The van der Waals surface area contributed by atoms with Gasteiger partial charge in [-0.25, -0.2) is 9.59 Å². The predicted octanol–water partition coefficient (Wildman–Crippen LogP) is 2.79. The first-order valence-corrected chi connectivity index (χ1v) is 8.10. The van der Waals surface area contributed by atoms with E-state index in [1.165, 1.54) is 16.7 Å². The van der Waals surface area contributed by atoms with Gasteiger partial charge in [-0.15, -0.1) is 11.8 Å². The zero-order valence-corrected chi connectivity index (χ0v) is 13.2. The molecule has 5 nitrogen and oxygen atoms in total. The van der Waals surface area contributed by atoms with Crippen molar-refractivity contribution >= 4 is 35.4 Å². The molecule has 1 aromatic carbocycles. The number of nitrogens with zero attached hydrogens (tertiary/aromatic N) is 1. The van der Waals surface area contributed by atoms with Crippen LogP contribution in [0.5, 0.6) is 0 Å². The lowest BCUT2D eigenvalue weighted by Gasteiger charge is -2.26. The van der Waals surface area contributed by atoms with E-state index in [1.54, 1.807) is 12.1 Å². The highest BCUT2D eigenvalue weighted by molar-refractivity contribution is 8.00. The van der Waals surface area contributed by atoms with Crippen molar-refractivity contribution in [2.75, 3.05) is 5.75 Å². The Morgan fingerprint density at radius 2 is 2.29 bits per heavy atom. The Morgan fingerprint density at radius 1 is 1.52 bits per heavy atom. The number of benzene rings is 1. The zero-order valence-electron chi connectivity index (χ0n) is 11.6. The molecule has 1 fully saturated rings. The van der Waals surface area contributed by atoms with Gasteiger partial charge in [0.05, 0.1) is 5.37 Å². The molecule has 0 bridgehead atoms. The van der Waals surface area contributed by atoms with Crippen molar-refractivity contribution in [2.45, 2.75) is 31.3 Å². The quantitative estimate of drug-likeness (QED) is 0.891. The monoisotopic (exact) mass is 328 g/mol. The largest absolute Gasteiger partial charge is 0.480 e. The third-order valence-electron chi connectivity index (χ3n) is 3.29. The average molecular weight is 329 g/mol. The highest BCUT2D eigenvalue weighted by Gasteiger charge is 2.40. The Bertz CT molecular complexity index is 541. The molecule has 2 amide bonds. The second kappa shape index (κ2) is 7.04. The van der Waals surface area contributed by atoms with Crippen molar-refractivity contribution in [2.24, 2.45) is 0 Å². The first-order chi connectivity index (χ1) is 10.0. The third kappa shape index (κ3) is 3.83. The van der Waals surface area contributed by atoms with Crippen molar-refractivity contribution in [3.05, 3.63) is 34.9 Å². The second-order valence-electron chi connectivity index (χ2n) is 4.75. The molecule has 21 heavy (non-hydrogen) atoms. The third-order valence-corrected chi connectivity index (χ3v) is 4.98. The molecule has 0 saturated carbocycles. The fourth-order valence-corrected chi connectivity index (χ4v) is 3.82. The fourth-order valence-electron chi connectivity index (χ4n) is 2.26. The number of carbonyl (C=O) groups is 2. The van der Waals surface area contributed by atoms with E-state index in [-0.39, 0.29) is 11.4 Å².